The van der Waals surface area contributed by atoms with Gasteiger partial charge >= 0.3 is 0 Å². The van der Waals surface area contributed by atoms with Crippen LogP contribution in [-0.2, 0) is 4.79 Å². The van der Waals surface area contributed by atoms with Crippen LogP contribution in [0.25, 0.3) is 0 Å². The van der Waals surface area contributed by atoms with E-state index in [9.17, 15) is 4.79 Å². The summed E-state index contributed by atoms with van der Waals surface area (Å²) in [5, 5.41) is 0. The van der Waals surface area contributed by atoms with Crippen LogP contribution in [0.1, 0.15) is 47.0 Å². The third kappa shape index (κ3) is 5.30. The molecule has 0 aliphatic rings. The fourth-order valence-electron chi connectivity index (χ4n) is 1.01. The summed E-state index contributed by atoms with van der Waals surface area (Å²) in [4.78, 5) is 11.1. The third-order valence-corrected chi connectivity index (χ3v) is 1.97. The maximum Gasteiger partial charge on any atom is 0.149 e. The molecule has 0 amide bonds. The van der Waals surface area contributed by atoms with E-state index in [2.05, 4.69) is 20.8 Å². The molecule has 0 spiro atoms. The zero-order valence-electron chi connectivity index (χ0n) is 8.68. The van der Waals surface area contributed by atoms with Gasteiger partial charge in [-0.3, -0.25) is 4.79 Å². The monoisotopic (exact) mass is 171 g/mol. The molecule has 1 atom stereocenters. The first-order valence-electron chi connectivity index (χ1n) is 4.65. The Hall–Kier alpha value is -0.370. The second-order valence-electron chi connectivity index (χ2n) is 4.53. The Morgan fingerprint density at radius 1 is 1.42 bits per heavy atom. The molecular formula is C10H21NO. The molecule has 2 N–H and O–H groups in total. The molecule has 0 heterocycles. The maximum atomic E-state index is 11.1. The zero-order chi connectivity index (χ0) is 9.78. The van der Waals surface area contributed by atoms with E-state index >= 15 is 0 Å². The van der Waals surface area contributed by atoms with Gasteiger partial charge in [0, 0.05) is 6.42 Å². The number of hydrogen-bond acceptors (Lipinski definition) is 2. The van der Waals surface area contributed by atoms with Crippen LogP contribution in [0, 0.1) is 5.41 Å². The highest BCUT2D eigenvalue weighted by Gasteiger charge is 2.16. The lowest BCUT2D eigenvalue weighted by atomic mass is 9.88. The molecule has 0 aromatic heterocycles. The van der Waals surface area contributed by atoms with Crippen molar-refractivity contribution in [3.05, 3.63) is 0 Å². The minimum absolute atomic E-state index is 0.180. The van der Waals surface area contributed by atoms with Crippen LogP contribution in [0.4, 0.5) is 0 Å². The van der Waals surface area contributed by atoms with Gasteiger partial charge in [-0.2, -0.15) is 0 Å². The number of rotatable bonds is 4. The molecule has 72 valence electrons. The molecule has 12 heavy (non-hydrogen) atoms. The van der Waals surface area contributed by atoms with Gasteiger partial charge < -0.3 is 5.73 Å². The van der Waals surface area contributed by atoms with Crippen LogP contribution in [0.2, 0.25) is 0 Å². The van der Waals surface area contributed by atoms with Crippen LogP contribution in [0.3, 0.4) is 0 Å². The van der Waals surface area contributed by atoms with E-state index < -0.39 is 0 Å². The van der Waals surface area contributed by atoms with E-state index in [0.717, 1.165) is 12.8 Å². The lowest BCUT2D eigenvalue weighted by molar-refractivity contribution is -0.120. The summed E-state index contributed by atoms with van der Waals surface area (Å²) in [6, 6.07) is -0.241. The van der Waals surface area contributed by atoms with Gasteiger partial charge in [0.2, 0.25) is 0 Å². The average Bonchev–Trinajstić information content (AvgIpc) is 1.97. The first kappa shape index (κ1) is 11.6. The summed E-state index contributed by atoms with van der Waals surface area (Å²) in [6.07, 6.45) is 2.39. The van der Waals surface area contributed by atoms with Crippen molar-refractivity contribution in [2.24, 2.45) is 11.1 Å². The fourth-order valence-corrected chi connectivity index (χ4v) is 1.01. The number of carbonyl (C=O) groups is 1. The highest BCUT2D eigenvalue weighted by atomic mass is 16.1. The largest absolute Gasteiger partial charge is 0.322 e. The second-order valence-corrected chi connectivity index (χ2v) is 4.53. The number of nitrogens with two attached hydrogens (primary N) is 1. The first-order chi connectivity index (χ1) is 5.37. The normalized spacial score (nSPS) is 14.4. The van der Waals surface area contributed by atoms with Crippen molar-refractivity contribution in [1.29, 1.82) is 0 Å². The molecule has 0 rings (SSSR count). The molecule has 0 aliphatic heterocycles. The van der Waals surface area contributed by atoms with E-state index in [-0.39, 0.29) is 17.2 Å². The van der Waals surface area contributed by atoms with Crippen molar-refractivity contribution < 1.29 is 4.79 Å². The van der Waals surface area contributed by atoms with Gasteiger partial charge in [0.25, 0.3) is 0 Å². The second kappa shape index (κ2) is 4.61. The Kier molecular flexibility index (Phi) is 4.46. The standard InChI is InChI=1S/C10H21NO/c1-5-9(12)8(11)6-7-10(2,3)4/h8H,5-7,11H2,1-4H3. The van der Waals surface area contributed by atoms with Crippen LogP contribution >= 0.6 is 0 Å². The summed E-state index contributed by atoms with van der Waals surface area (Å²) in [7, 11) is 0. The van der Waals surface area contributed by atoms with Gasteiger partial charge in [-0.25, -0.2) is 0 Å². The maximum absolute atomic E-state index is 11.1. The van der Waals surface area contributed by atoms with Gasteiger partial charge in [-0.1, -0.05) is 27.7 Å². The van der Waals surface area contributed by atoms with Crippen LogP contribution in [-0.4, -0.2) is 11.8 Å². The molecule has 2 nitrogen and oxygen atoms in total. The Bertz CT molecular complexity index is 146. The van der Waals surface area contributed by atoms with Crippen molar-refractivity contribution >= 4 is 5.78 Å². The smallest absolute Gasteiger partial charge is 0.149 e. The molecule has 0 radical (unpaired) electrons. The molecule has 0 saturated heterocycles. The Labute approximate surface area is 75.5 Å². The molecule has 0 aromatic carbocycles. The van der Waals surface area contributed by atoms with E-state index in [0.29, 0.717) is 6.42 Å². The highest BCUT2D eigenvalue weighted by Crippen LogP contribution is 2.21. The quantitative estimate of drug-likeness (QED) is 0.704. The van der Waals surface area contributed by atoms with Crippen LogP contribution < -0.4 is 5.73 Å². The van der Waals surface area contributed by atoms with E-state index in [1.165, 1.54) is 0 Å². The van der Waals surface area contributed by atoms with Gasteiger partial charge in [0.1, 0.15) is 5.78 Å². The summed E-state index contributed by atoms with van der Waals surface area (Å²) >= 11 is 0. The highest BCUT2D eigenvalue weighted by molar-refractivity contribution is 5.83. The van der Waals surface area contributed by atoms with Crippen LogP contribution in [0.15, 0.2) is 0 Å². The molecule has 0 bridgehead atoms. The lowest BCUT2D eigenvalue weighted by Gasteiger charge is -2.19. The van der Waals surface area contributed by atoms with Crippen molar-refractivity contribution in [3.63, 3.8) is 0 Å². The summed E-state index contributed by atoms with van der Waals surface area (Å²) in [5.41, 5.74) is 5.97. The topological polar surface area (TPSA) is 43.1 Å². The van der Waals surface area contributed by atoms with Gasteiger partial charge in [-0.05, 0) is 18.3 Å². The Morgan fingerprint density at radius 2 is 1.92 bits per heavy atom. The molecule has 1 unspecified atom stereocenters. The van der Waals surface area contributed by atoms with Gasteiger partial charge in [0.05, 0.1) is 6.04 Å². The lowest BCUT2D eigenvalue weighted by Crippen LogP contribution is -2.30. The molecule has 0 fully saturated rings. The van der Waals surface area contributed by atoms with Gasteiger partial charge in [-0.15, -0.1) is 0 Å². The van der Waals surface area contributed by atoms with Crippen molar-refractivity contribution in [2.45, 2.75) is 53.0 Å². The number of ketones is 1. The van der Waals surface area contributed by atoms with E-state index in [1.54, 1.807) is 0 Å². The molecule has 0 aliphatic carbocycles. The third-order valence-electron chi connectivity index (χ3n) is 1.97. The molecule has 2 heteroatoms. The van der Waals surface area contributed by atoms with Crippen LogP contribution in [0.5, 0.6) is 0 Å². The van der Waals surface area contributed by atoms with E-state index in [4.69, 9.17) is 5.73 Å². The van der Waals surface area contributed by atoms with Crippen molar-refractivity contribution in [2.75, 3.05) is 0 Å². The molecule has 0 aromatic rings. The molecular weight excluding hydrogens is 150 g/mol. The number of carbonyl (C=O) groups excluding carboxylic acids is 1. The predicted molar refractivity (Wildman–Crippen MR) is 52.0 cm³/mol. The minimum atomic E-state index is -0.241. The molecule has 0 saturated carbocycles. The zero-order valence-corrected chi connectivity index (χ0v) is 8.68. The first-order valence-corrected chi connectivity index (χ1v) is 4.65. The van der Waals surface area contributed by atoms with E-state index in [1.807, 2.05) is 6.92 Å². The summed E-state index contributed by atoms with van der Waals surface area (Å²) < 4.78 is 0. The fraction of sp³-hybridized carbons (Fsp3) is 0.900. The predicted octanol–water partition coefficient (Wildman–Crippen LogP) is 2.12. The Morgan fingerprint density at radius 3 is 2.25 bits per heavy atom. The van der Waals surface area contributed by atoms with Crippen molar-refractivity contribution in [1.82, 2.24) is 0 Å². The number of Topliss-reactive ketones (excluding diaryl/α,β-unsaturated/α-hetero) is 1. The minimum Gasteiger partial charge on any atom is -0.322 e. The summed E-state index contributed by atoms with van der Waals surface area (Å²) in [6.45, 7) is 8.35. The van der Waals surface area contributed by atoms with Crippen molar-refractivity contribution in [3.8, 4) is 0 Å². The Balaban J connectivity index is 3.72. The summed E-state index contributed by atoms with van der Waals surface area (Å²) in [5.74, 6) is 0.180. The van der Waals surface area contributed by atoms with Gasteiger partial charge in [0.15, 0.2) is 0 Å². The SMILES string of the molecule is CCC(=O)C(N)CCC(C)(C)C. The number of hydrogen-bond donors (Lipinski definition) is 1. The average molecular weight is 171 g/mol.